The molecule has 7 heteroatoms. The van der Waals surface area contributed by atoms with Gasteiger partial charge in [0, 0.05) is 5.69 Å². The summed E-state index contributed by atoms with van der Waals surface area (Å²) in [4.78, 5) is 23.4. The quantitative estimate of drug-likeness (QED) is 0.889. The molecule has 116 valence electrons. The van der Waals surface area contributed by atoms with Gasteiger partial charge in [0.25, 0.3) is 5.91 Å². The van der Waals surface area contributed by atoms with Gasteiger partial charge in [-0.3, -0.25) is 10.1 Å². The summed E-state index contributed by atoms with van der Waals surface area (Å²) in [5.74, 6) is -0.181. The molecule has 2 aromatic rings. The van der Waals surface area contributed by atoms with Crippen molar-refractivity contribution < 1.29 is 18.7 Å². The third-order valence-electron chi connectivity index (χ3n) is 2.82. The Labute approximate surface area is 132 Å². The van der Waals surface area contributed by atoms with Crippen LogP contribution >= 0.6 is 11.6 Å². The van der Waals surface area contributed by atoms with E-state index in [4.69, 9.17) is 20.8 Å². The van der Waals surface area contributed by atoms with Crippen LogP contribution in [-0.4, -0.2) is 18.6 Å². The van der Waals surface area contributed by atoms with Gasteiger partial charge >= 0.3 is 6.09 Å². The Morgan fingerprint density at radius 1 is 1.27 bits per heavy atom. The monoisotopic (exact) mass is 322 g/mol. The number of carbonyl (C=O) groups is 2. The highest BCUT2D eigenvalue weighted by Gasteiger charge is 2.13. The maximum atomic E-state index is 11.9. The summed E-state index contributed by atoms with van der Waals surface area (Å²) in [5, 5.41) is 5.52. The Morgan fingerprint density at radius 2 is 2.05 bits per heavy atom. The third-order valence-corrected chi connectivity index (χ3v) is 3.13. The third kappa shape index (κ3) is 3.79. The molecular formula is C15H15ClN2O4. The lowest BCUT2D eigenvalue weighted by atomic mass is 10.1. The molecule has 1 aromatic heterocycles. The molecular weight excluding hydrogens is 308 g/mol. The fourth-order valence-electron chi connectivity index (χ4n) is 1.78. The molecule has 0 saturated carbocycles. The summed E-state index contributed by atoms with van der Waals surface area (Å²) in [6.45, 7) is 3.75. The summed E-state index contributed by atoms with van der Waals surface area (Å²) < 4.78 is 9.82. The van der Waals surface area contributed by atoms with Gasteiger partial charge in [-0.05, 0) is 43.7 Å². The minimum Gasteiger partial charge on any atom is -0.459 e. The number of hydrogen-bond donors (Lipinski definition) is 2. The number of ether oxygens (including phenoxy) is 1. The number of halogens is 1. The second kappa shape index (κ2) is 7.00. The molecule has 2 rings (SSSR count). The number of furan rings is 1. The molecule has 22 heavy (non-hydrogen) atoms. The van der Waals surface area contributed by atoms with Gasteiger partial charge in [0.2, 0.25) is 0 Å². The van der Waals surface area contributed by atoms with Gasteiger partial charge in [0.15, 0.2) is 5.76 Å². The first kappa shape index (κ1) is 15.9. The minimum atomic E-state index is -0.587. The predicted molar refractivity (Wildman–Crippen MR) is 83.5 cm³/mol. The van der Waals surface area contributed by atoms with Crippen LogP contribution in [-0.2, 0) is 4.74 Å². The van der Waals surface area contributed by atoms with Crippen molar-refractivity contribution in [2.75, 3.05) is 17.2 Å². The maximum Gasteiger partial charge on any atom is 0.411 e. The second-order valence-corrected chi connectivity index (χ2v) is 4.83. The Kier molecular flexibility index (Phi) is 5.06. The van der Waals surface area contributed by atoms with E-state index in [1.165, 1.54) is 6.26 Å². The van der Waals surface area contributed by atoms with Crippen molar-refractivity contribution in [3.05, 3.63) is 46.9 Å². The van der Waals surface area contributed by atoms with E-state index in [0.29, 0.717) is 11.4 Å². The highest BCUT2D eigenvalue weighted by atomic mass is 35.5. The SMILES string of the molecule is CCOC(=O)Nc1cc(C)c(NC(=O)c2ccco2)cc1Cl. The summed E-state index contributed by atoms with van der Waals surface area (Å²) in [6.07, 6.45) is 0.831. The Balaban J connectivity index is 2.16. The Bertz CT molecular complexity index is 683. The molecule has 1 heterocycles. The molecule has 0 bridgehead atoms. The molecule has 0 radical (unpaired) electrons. The smallest absolute Gasteiger partial charge is 0.411 e. The number of hydrogen-bond acceptors (Lipinski definition) is 4. The van der Waals surface area contributed by atoms with E-state index in [9.17, 15) is 9.59 Å². The van der Waals surface area contributed by atoms with E-state index < -0.39 is 6.09 Å². The van der Waals surface area contributed by atoms with Gasteiger partial charge in [-0.2, -0.15) is 0 Å². The van der Waals surface area contributed by atoms with E-state index in [2.05, 4.69) is 10.6 Å². The normalized spacial score (nSPS) is 10.1. The van der Waals surface area contributed by atoms with Crippen molar-refractivity contribution in [2.24, 2.45) is 0 Å². The van der Waals surface area contributed by atoms with E-state index in [-0.39, 0.29) is 23.3 Å². The van der Waals surface area contributed by atoms with E-state index in [1.807, 2.05) is 0 Å². The lowest BCUT2D eigenvalue weighted by Crippen LogP contribution is -2.15. The molecule has 0 fully saturated rings. The van der Waals surface area contributed by atoms with Crippen LogP contribution in [0.5, 0.6) is 0 Å². The maximum absolute atomic E-state index is 11.9. The highest BCUT2D eigenvalue weighted by Crippen LogP contribution is 2.29. The van der Waals surface area contributed by atoms with Crippen molar-refractivity contribution in [3.63, 3.8) is 0 Å². The lowest BCUT2D eigenvalue weighted by molar-refractivity contribution is 0.0996. The topological polar surface area (TPSA) is 80.6 Å². The van der Waals surface area contributed by atoms with Crippen molar-refractivity contribution >= 4 is 35.0 Å². The van der Waals surface area contributed by atoms with Crippen molar-refractivity contribution in [1.82, 2.24) is 0 Å². The molecule has 0 aliphatic carbocycles. The first-order valence-corrected chi connectivity index (χ1v) is 6.97. The molecule has 0 saturated heterocycles. The van der Waals surface area contributed by atoms with Gasteiger partial charge in [0.1, 0.15) is 0 Å². The molecule has 6 nitrogen and oxygen atoms in total. The van der Waals surface area contributed by atoms with Crippen LogP contribution < -0.4 is 10.6 Å². The molecule has 2 amide bonds. The summed E-state index contributed by atoms with van der Waals surface area (Å²) in [6, 6.07) is 6.39. The number of carbonyl (C=O) groups excluding carboxylic acids is 2. The van der Waals surface area contributed by atoms with Crippen LogP contribution in [0.4, 0.5) is 16.2 Å². The zero-order valence-corrected chi connectivity index (χ0v) is 12.9. The van der Waals surface area contributed by atoms with E-state index in [1.54, 1.807) is 38.1 Å². The van der Waals surface area contributed by atoms with Crippen LogP contribution in [0.1, 0.15) is 23.0 Å². The Hall–Kier alpha value is -2.47. The molecule has 0 aliphatic rings. The number of rotatable bonds is 4. The number of amides is 2. The van der Waals surface area contributed by atoms with Crippen molar-refractivity contribution in [1.29, 1.82) is 0 Å². The van der Waals surface area contributed by atoms with Crippen LogP contribution in [0.3, 0.4) is 0 Å². The molecule has 2 N–H and O–H groups in total. The van der Waals surface area contributed by atoms with E-state index >= 15 is 0 Å². The molecule has 0 unspecified atom stereocenters. The predicted octanol–water partition coefficient (Wildman–Crippen LogP) is 4.06. The standard InChI is InChI=1S/C15H15ClN2O4/c1-3-21-15(20)18-12-7-9(2)11(8-10(12)16)17-14(19)13-5-4-6-22-13/h4-8H,3H2,1-2H3,(H,17,19)(H,18,20). The molecule has 0 atom stereocenters. The van der Waals surface area contributed by atoms with Gasteiger partial charge in [-0.25, -0.2) is 4.79 Å². The first-order chi connectivity index (χ1) is 10.5. The van der Waals surface area contributed by atoms with Crippen LogP contribution in [0.25, 0.3) is 0 Å². The molecule has 0 spiro atoms. The summed E-state index contributed by atoms with van der Waals surface area (Å²) >= 11 is 6.11. The van der Waals surface area contributed by atoms with Crippen molar-refractivity contribution in [3.8, 4) is 0 Å². The number of nitrogens with one attached hydrogen (secondary N) is 2. The number of aryl methyl sites for hydroxylation is 1. The van der Waals surface area contributed by atoms with Crippen molar-refractivity contribution in [2.45, 2.75) is 13.8 Å². The zero-order chi connectivity index (χ0) is 16.1. The fourth-order valence-corrected chi connectivity index (χ4v) is 1.99. The highest BCUT2D eigenvalue weighted by molar-refractivity contribution is 6.34. The van der Waals surface area contributed by atoms with Crippen LogP contribution in [0, 0.1) is 6.92 Å². The zero-order valence-electron chi connectivity index (χ0n) is 12.1. The van der Waals surface area contributed by atoms with Gasteiger partial charge in [0.05, 0.1) is 23.6 Å². The number of anilines is 2. The second-order valence-electron chi connectivity index (χ2n) is 4.42. The number of benzene rings is 1. The van der Waals surface area contributed by atoms with E-state index in [0.717, 1.165) is 5.56 Å². The summed E-state index contributed by atoms with van der Waals surface area (Å²) in [5.41, 5.74) is 1.67. The largest absolute Gasteiger partial charge is 0.459 e. The lowest BCUT2D eigenvalue weighted by Gasteiger charge is -2.12. The molecule has 0 aliphatic heterocycles. The van der Waals surface area contributed by atoms with Crippen LogP contribution in [0.15, 0.2) is 34.9 Å². The average Bonchev–Trinajstić information content (AvgIpc) is 2.98. The van der Waals surface area contributed by atoms with Gasteiger partial charge < -0.3 is 14.5 Å². The molecule has 1 aromatic carbocycles. The van der Waals surface area contributed by atoms with Crippen LogP contribution in [0.2, 0.25) is 5.02 Å². The van der Waals surface area contributed by atoms with Gasteiger partial charge in [-0.15, -0.1) is 0 Å². The summed E-state index contributed by atoms with van der Waals surface area (Å²) in [7, 11) is 0. The fraction of sp³-hybridized carbons (Fsp3) is 0.200. The first-order valence-electron chi connectivity index (χ1n) is 6.60. The average molecular weight is 323 g/mol. The minimum absolute atomic E-state index is 0.198. The Morgan fingerprint density at radius 3 is 2.68 bits per heavy atom. The van der Waals surface area contributed by atoms with Gasteiger partial charge in [-0.1, -0.05) is 11.6 Å².